The summed E-state index contributed by atoms with van der Waals surface area (Å²) in [6.07, 6.45) is 1.26. The van der Waals surface area contributed by atoms with Gasteiger partial charge in [-0.3, -0.25) is 0 Å². The van der Waals surface area contributed by atoms with Crippen LogP contribution in [0.25, 0.3) is 0 Å². The smallest absolute Gasteiger partial charge is 0.223 e. The lowest BCUT2D eigenvalue weighted by Gasteiger charge is -2.17. The first kappa shape index (κ1) is 10.4. The molecule has 2 heterocycles. The fourth-order valence-electron chi connectivity index (χ4n) is 1.71. The molecular formula is C9H13ClN4O. The van der Waals surface area contributed by atoms with E-state index in [1.54, 1.807) is 13.2 Å². The first-order valence-electron chi connectivity index (χ1n) is 4.77. The largest absolute Gasteiger partial charge is 0.380 e. The maximum absolute atomic E-state index is 5.81. The zero-order chi connectivity index (χ0) is 10.8. The molecule has 0 spiro atoms. The van der Waals surface area contributed by atoms with Crippen molar-refractivity contribution >= 4 is 23.4 Å². The lowest BCUT2D eigenvalue weighted by molar-refractivity contribution is 0.121. The third kappa shape index (κ3) is 2.30. The Morgan fingerprint density at radius 2 is 2.40 bits per heavy atom. The Morgan fingerprint density at radius 1 is 1.60 bits per heavy atom. The van der Waals surface area contributed by atoms with E-state index in [0.717, 1.165) is 25.3 Å². The molecule has 0 unspecified atom stereocenters. The minimum absolute atomic E-state index is 0.207. The molecule has 0 amide bonds. The van der Waals surface area contributed by atoms with Gasteiger partial charge in [0.1, 0.15) is 11.0 Å². The van der Waals surface area contributed by atoms with Crippen LogP contribution in [0.2, 0.25) is 5.15 Å². The summed E-state index contributed by atoms with van der Waals surface area (Å²) in [7, 11) is 1.72. The highest BCUT2D eigenvalue weighted by molar-refractivity contribution is 6.29. The standard InChI is InChI=1S/C9H13ClN4O/c1-15-6-2-3-14(5-6)8-4-7(10)12-9(11)13-8/h4,6H,2-3,5H2,1H3,(H2,11,12,13)/t6-/m0/s1. The predicted octanol–water partition coefficient (Wildman–Crippen LogP) is 0.937. The van der Waals surface area contributed by atoms with Crippen molar-refractivity contribution in [2.45, 2.75) is 12.5 Å². The van der Waals surface area contributed by atoms with Crippen molar-refractivity contribution in [2.75, 3.05) is 30.8 Å². The molecule has 0 radical (unpaired) electrons. The summed E-state index contributed by atoms with van der Waals surface area (Å²) in [5, 5.41) is 0.373. The van der Waals surface area contributed by atoms with Gasteiger partial charge in [0, 0.05) is 26.3 Å². The minimum atomic E-state index is 0.207. The molecule has 1 aliphatic heterocycles. The lowest BCUT2D eigenvalue weighted by atomic mass is 10.3. The van der Waals surface area contributed by atoms with Gasteiger partial charge in [0.05, 0.1) is 6.10 Å². The molecule has 5 nitrogen and oxygen atoms in total. The molecule has 1 fully saturated rings. The number of hydrogen-bond acceptors (Lipinski definition) is 5. The Kier molecular flexibility index (Phi) is 2.93. The van der Waals surface area contributed by atoms with Gasteiger partial charge in [-0.25, -0.2) is 4.98 Å². The molecule has 0 aromatic carbocycles. The van der Waals surface area contributed by atoms with E-state index in [9.17, 15) is 0 Å². The van der Waals surface area contributed by atoms with Crippen molar-refractivity contribution in [3.8, 4) is 0 Å². The van der Waals surface area contributed by atoms with E-state index in [0.29, 0.717) is 5.15 Å². The zero-order valence-electron chi connectivity index (χ0n) is 8.48. The van der Waals surface area contributed by atoms with Gasteiger partial charge in [0.15, 0.2) is 0 Å². The Morgan fingerprint density at radius 3 is 3.00 bits per heavy atom. The number of methoxy groups -OCH3 is 1. The van der Waals surface area contributed by atoms with Crippen LogP contribution in [0.3, 0.4) is 0 Å². The average Bonchev–Trinajstić information content (AvgIpc) is 2.64. The molecule has 2 N–H and O–H groups in total. The zero-order valence-corrected chi connectivity index (χ0v) is 9.24. The predicted molar refractivity (Wildman–Crippen MR) is 59.1 cm³/mol. The summed E-state index contributed by atoms with van der Waals surface area (Å²) in [6, 6.07) is 1.72. The molecule has 0 bridgehead atoms. The van der Waals surface area contributed by atoms with E-state index in [1.165, 1.54) is 0 Å². The number of anilines is 2. The number of rotatable bonds is 2. The van der Waals surface area contributed by atoms with Crippen LogP contribution in [-0.2, 0) is 4.74 Å². The molecule has 1 atom stereocenters. The van der Waals surface area contributed by atoms with Gasteiger partial charge in [-0.2, -0.15) is 4.98 Å². The van der Waals surface area contributed by atoms with Gasteiger partial charge < -0.3 is 15.4 Å². The van der Waals surface area contributed by atoms with Crippen molar-refractivity contribution in [1.29, 1.82) is 0 Å². The minimum Gasteiger partial charge on any atom is -0.380 e. The second kappa shape index (κ2) is 4.20. The Bertz CT molecular complexity index is 340. The first-order chi connectivity index (χ1) is 7.19. The number of halogens is 1. The SMILES string of the molecule is CO[C@H]1CCN(c2cc(Cl)nc(N)n2)C1. The summed E-state index contributed by atoms with van der Waals surface area (Å²) in [4.78, 5) is 10.1. The van der Waals surface area contributed by atoms with Crippen molar-refractivity contribution in [3.05, 3.63) is 11.2 Å². The maximum atomic E-state index is 5.81. The second-order valence-electron chi connectivity index (χ2n) is 3.50. The Balaban J connectivity index is 2.16. The van der Waals surface area contributed by atoms with Gasteiger partial charge in [0.25, 0.3) is 0 Å². The molecule has 0 aliphatic carbocycles. The van der Waals surface area contributed by atoms with Crippen LogP contribution >= 0.6 is 11.6 Å². The molecule has 82 valence electrons. The molecule has 1 aromatic heterocycles. The van der Waals surface area contributed by atoms with Crippen molar-refractivity contribution in [3.63, 3.8) is 0 Å². The fraction of sp³-hybridized carbons (Fsp3) is 0.556. The van der Waals surface area contributed by atoms with Gasteiger partial charge in [0.2, 0.25) is 5.95 Å². The molecule has 0 saturated carbocycles. The summed E-state index contributed by atoms with van der Waals surface area (Å²) in [6.45, 7) is 1.73. The number of nitrogen functional groups attached to an aromatic ring is 1. The molecule has 1 aliphatic rings. The van der Waals surface area contributed by atoms with Crippen LogP contribution in [0.1, 0.15) is 6.42 Å². The van der Waals surface area contributed by atoms with Crippen molar-refractivity contribution < 1.29 is 4.74 Å². The summed E-state index contributed by atoms with van der Waals surface area (Å²) in [5.41, 5.74) is 5.53. The van der Waals surface area contributed by atoms with E-state index in [2.05, 4.69) is 14.9 Å². The normalized spacial score (nSPS) is 20.9. The van der Waals surface area contributed by atoms with E-state index in [4.69, 9.17) is 22.1 Å². The van der Waals surface area contributed by atoms with Crippen LogP contribution in [0, 0.1) is 0 Å². The highest BCUT2D eigenvalue weighted by Gasteiger charge is 2.23. The van der Waals surface area contributed by atoms with Crippen molar-refractivity contribution in [2.24, 2.45) is 0 Å². The average molecular weight is 229 g/mol. The number of nitrogens with two attached hydrogens (primary N) is 1. The number of aromatic nitrogens is 2. The quantitative estimate of drug-likeness (QED) is 0.764. The fourth-order valence-corrected chi connectivity index (χ4v) is 1.90. The molecule has 2 rings (SSSR count). The Hall–Kier alpha value is -1.07. The highest BCUT2D eigenvalue weighted by Crippen LogP contribution is 2.22. The summed E-state index contributed by atoms with van der Waals surface area (Å²) >= 11 is 5.81. The molecule has 6 heteroatoms. The molecular weight excluding hydrogens is 216 g/mol. The lowest BCUT2D eigenvalue weighted by Crippen LogP contribution is -2.23. The van der Waals surface area contributed by atoms with Crippen molar-refractivity contribution in [1.82, 2.24) is 9.97 Å². The third-order valence-corrected chi connectivity index (χ3v) is 2.69. The molecule has 1 aromatic rings. The number of ether oxygens (including phenoxy) is 1. The van der Waals surface area contributed by atoms with Gasteiger partial charge in [-0.05, 0) is 6.42 Å². The van der Waals surface area contributed by atoms with Crippen LogP contribution in [0.5, 0.6) is 0 Å². The van der Waals surface area contributed by atoms with Crippen LogP contribution in [0.4, 0.5) is 11.8 Å². The van der Waals surface area contributed by atoms with Crippen LogP contribution in [0.15, 0.2) is 6.07 Å². The monoisotopic (exact) mass is 228 g/mol. The summed E-state index contributed by atoms with van der Waals surface area (Å²) in [5.74, 6) is 0.977. The maximum Gasteiger partial charge on any atom is 0.223 e. The molecule has 15 heavy (non-hydrogen) atoms. The number of nitrogens with zero attached hydrogens (tertiary/aromatic N) is 3. The van der Waals surface area contributed by atoms with Gasteiger partial charge in [-0.15, -0.1) is 0 Å². The van der Waals surface area contributed by atoms with Crippen LogP contribution < -0.4 is 10.6 Å². The van der Waals surface area contributed by atoms with E-state index < -0.39 is 0 Å². The van der Waals surface area contributed by atoms with E-state index in [1.807, 2.05) is 0 Å². The van der Waals surface area contributed by atoms with E-state index >= 15 is 0 Å². The Labute approximate surface area is 93.2 Å². The van der Waals surface area contributed by atoms with E-state index in [-0.39, 0.29) is 12.1 Å². The summed E-state index contributed by atoms with van der Waals surface area (Å²) < 4.78 is 5.27. The van der Waals surface area contributed by atoms with Crippen LogP contribution in [-0.4, -0.2) is 36.3 Å². The van der Waals surface area contributed by atoms with Gasteiger partial charge in [-0.1, -0.05) is 11.6 Å². The molecule has 1 saturated heterocycles. The second-order valence-corrected chi connectivity index (χ2v) is 3.89. The topological polar surface area (TPSA) is 64.3 Å². The highest BCUT2D eigenvalue weighted by atomic mass is 35.5. The third-order valence-electron chi connectivity index (χ3n) is 2.50. The number of hydrogen-bond donors (Lipinski definition) is 1. The van der Waals surface area contributed by atoms with Gasteiger partial charge >= 0.3 is 0 Å². The first-order valence-corrected chi connectivity index (χ1v) is 5.14.